The Labute approximate surface area is 223 Å². The summed E-state index contributed by atoms with van der Waals surface area (Å²) in [5, 5.41) is 10.2. The highest BCUT2D eigenvalue weighted by molar-refractivity contribution is 7.92. The van der Waals surface area contributed by atoms with Gasteiger partial charge in [-0.25, -0.2) is 22.2 Å². The number of aryl methyl sites for hydroxylation is 1. The Morgan fingerprint density at radius 1 is 1.00 bits per heavy atom. The van der Waals surface area contributed by atoms with Gasteiger partial charge in [0.15, 0.2) is 13.2 Å². The minimum atomic E-state index is -4.83. The number of nitrogens with one attached hydrogen (secondary N) is 2. The first-order chi connectivity index (χ1) is 18.4. The normalized spacial score (nSPS) is 15.7. The van der Waals surface area contributed by atoms with Crippen molar-refractivity contribution in [1.29, 1.82) is 0 Å². The fraction of sp³-hybridized carbons (Fsp3) is 0.381. The third-order valence-corrected chi connectivity index (χ3v) is 7.94. The second kappa shape index (κ2) is 11.6. The van der Waals surface area contributed by atoms with Crippen LogP contribution in [0.4, 0.5) is 32.0 Å². The molecule has 2 aromatic carbocycles. The number of amides is 1. The highest BCUT2D eigenvalue weighted by atomic mass is 32.2. The number of phenolic OH excluding ortho intramolecular Hbond substituents is 1. The minimum absolute atomic E-state index is 0.0725. The van der Waals surface area contributed by atoms with Gasteiger partial charge < -0.3 is 14.6 Å². The van der Waals surface area contributed by atoms with Crippen LogP contribution in [-0.2, 0) is 31.4 Å². The molecule has 1 aliphatic rings. The summed E-state index contributed by atoms with van der Waals surface area (Å²) in [4.78, 5) is 10.5. The number of halogens is 6. The number of hydrogen-bond donors (Lipinski definition) is 3. The molecule has 0 radical (unpaired) electrons. The standard InChI is InChI=1S/C21H21F6N3O8S2/c22-20(23,24)11-37-14-4-6-17(38-12-21(25,26)27)18(9-14)39(33,34)28-7-1-2-13-3-5-15(16(31)8-13)30-10-19(32)29-40(30,35)36/h3-6,8-9,28,31H,1-2,7,10-12H2,(H,29,32). The molecule has 1 saturated heterocycles. The number of rotatable bonds is 11. The molecule has 1 fully saturated rings. The second-order valence-corrected chi connectivity index (χ2v) is 11.6. The number of nitrogens with zero attached hydrogens (tertiary/aromatic N) is 1. The zero-order valence-corrected chi connectivity index (χ0v) is 21.7. The third kappa shape index (κ3) is 8.52. The Morgan fingerprint density at radius 2 is 1.65 bits per heavy atom. The molecular weight excluding hydrogens is 600 g/mol. The van der Waals surface area contributed by atoms with Crippen LogP contribution in [0.15, 0.2) is 41.3 Å². The van der Waals surface area contributed by atoms with Gasteiger partial charge in [0.1, 0.15) is 28.7 Å². The molecule has 0 unspecified atom stereocenters. The Morgan fingerprint density at radius 3 is 2.23 bits per heavy atom. The Balaban J connectivity index is 1.68. The number of carbonyl (C=O) groups is 1. The molecule has 3 N–H and O–H groups in total. The first-order valence-electron chi connectivity index (χ1n) is 11.0. The van der Waals surface area contributed by atoms with Crippen LogP contribution < -0.4 is 23.2 Å². The van der Waals surface area contributed by atoms with Gasteiger partial charge in [-0.15, -0.1) is 0 Å². The number of anilines is 1. The molecule has 0 atom stereocenters. The van der Waals surface area contributed by atoms with E-state index in [-0.39, 0.29) is 25.1 Å². The molecule has 2 aromatic rings. The second-order valence-electron chi connectivity index (χ2n) is 8.28. The van der Waals surface area contributed by atoms with E-state index in [1.54, 1.807) is 4.72 Å². The van der Waals surface area contributed by atoms with Crippen molar-refractivity contribution >= 4 is 31.8 Å². The van der Waals surface area contributed by atoms with E-state index in [1.807, 2.05) is 0 Å². The number of ether oxygens (including phenoxy) is 2. The maximum atomic E-state index is 12.8. The number of aromatic hydroxyl groups is 1. The molecule has 1 amide bonds. The van der Waals surface area contributed by atoms with Crippen molar-refractivity contribution in [2.75, 3.05) is 30.6 Å². The summed E-state index contributed by atoms with van der Waals surface area (Å²) in [6.07, 6.45) is -9.38. The predicted molar refractivity (Wildman–Crippen MR) is 126 cm³/mol. The first-order valence-corrected chi connectivity index (χ1v) is 14.0. The molecule has 1 heterocycles. The van der Waals surface area contributed by atoms with Crippen molar-refractivity contribution < 1.29 is 62.6 Å². The van der Waals surface area contributed by atoms with Gasteiger partial charge in [0.25, 0.3) is 5.91 Å². The quantitative estimate of drug-likeness (QED) is 0.256. The highest BCUT2D eigenvalue weighted by Crippen LogP contribution is 2.33. The zero-order chi connectivity index (χ0) is 29.9. The largest absolute Gasteiger partial charge is 0.506 e. The molecule has 0 spiro atoms. The fourth-order valence-electron chi connectivity index (χ4n) is 3.41. The average molecular weight is 622 g/mol. The number of alkyl halides is 6. The van der Waals surface area contributed by atoms with Crippen LogP contribution in [0, 0.1) is 0 Å². The molecule has 222 valence electrons. The molecular formula is C21H21F6N3O8S2. The summed E-state index contributed by atoms with van der Waals surface area (Å²) >= 11 is 0. The number of carbonyl (C=O) groups excluding carboxylic acids is 1. The molecule has 11 nitrogen and oxygen atoms in total. The van der Waals surface area contributed by atoms with Gasteiger partial charge in [-0.1, -0.05) is 6.07 Å². The van der Waals surface area contributed by atoms with E-state index in [0.717, 1.165) is 12.1 Å². The zero-order valence-electron chi connectivity index (χ0n) is 20.0. The van der Waals surface area contributed by atoms with Crippen molar-refractivity contribution in [1.82, 2.24) is 9.44 Å². The topological polar surface area (TPSA) is 151 Å². The molecule has 19 heteroatoms. The van der Waals surface area contributed by atoms with Crippen molar-refractivity contribution in [2.45, 2.75) is 30.1 Å². The molecule has 3 rings (SSSR count). The summed E-state index contributed by atoms with van der Waals surface area (Å²) in [5.41, 5.74) is 0.273. The first kappa shape index (κ1) is 31.1. The smallest absolute Gasteiger partial charge is 0.422 e. The SMILES string of the molecule is O=C1CN(c2ccc(CCCNS(=O)(=O)c3cc(OCC(F)(F)F)ccc3OCC(F)(F)F)cc2O)S(=O)(=O)N1. The van der Waals surface area contributed by atoms with Crippen molar-refractivity contribution in [3.05, 3.63) is 42.0 Å². The Hall–Kier alpha value is -3.45. The third-order valence-electron chi connectivity index (χ3n) is 5.06. The van der Waals surface area contributed by atoms with Crippen LogP contribution >= 0.6 is 0 Å². The van der Waals surface area contributed by atoms with Crippen LogP contribution in [0.25, 0.3) is 0 Å². The summed E-state index contributed by atoms with van der Waals surface area (Å²) in [7, 11) is -8.76. The van der Waals surface area contributed by atoms with Gasteiger partial charge in [-0.2, -0.15) is 34.8 Å². The van der Waals surface area contributed by atoms with Gasteiger partial charge >= 0.3 is 22.6 Å². The van der Waals surface area contributed by atoms with E-state index in [9.17, 15) is 53.1 Å². The van der Waals surface area contributed by atoms with Gasteiger partial charge in [0.2, 0.25) is 10.0 Å². The maximum absolute atomic E-state index is 12.8. The summed E-state index contributed by atoms with van der Waals surface area (Å²) in [6, 6.07) is 6.02. The predicted octanol–water partition coefficient (Wildman–Crippen LogP) is 2.37. The lowest BCUT2D eigenvalue weighted by Gasteiger charge is -2.17. The van der Waals surface area contributed by atoms with Crippen LogP contribution in [-0.4, -0.2) is 66.5 Å². The molecule has 0 aromatic heterocycles. The van der Waals surface area contributed by atoms with E-state index in [2.05, 4.69) is 14.2 Å². The fourth-order valence-corrected chi connectivity index (χ4v) is 5.80. The average Bonchev–Trinajstić information content (AvgIpc) is 3.10. The molecule has 1 aliphatic heterocycles. The van der Waals surface area contributed by atoms with E-state index >= 15 is 0 Å². The van der Waals surface area contributed by atoms with Crippen LogP contribution in [0.2, 0.25) is 0 Å². The van der Waals surface area contributed by atoms with Crippen LogP contribution in [0.1, 0.15) is 12.0 Å². The van der Waals surface area contributed by atoms with Gasteiger partial charge in [-0.3, -0.25) is 4.79 Å². The van der Waals surface area contributed by atoms with E-state index in [1.165, 1.54) is 18.2 Å². The van der Waals surface area contributed by atoms with E-state index in [4.69, 9.17) is 0 Å². The van der Waals surface area contributed by atoms with E-state index in [0.29, 0.717) is 15.9 Å². The van der Waals surface area contributed by atoms with Crippen molar-refractivity contribution in [3.63, 3.8) is 0 Å². The van der Waals surface area contributed by atoms with Gasteiger partial charge in [0.05, 0.1) is 5.69 Å². The van der Waals surface area contributed by atoms with Crippen LogP contribution in [0.5, 0.6) is 17.2 Å². The number of hydrogen-bond acceptors (Lipinski definition) is 8. The van der Waals surface area contributed by atoms with Crippen molar-refractivity contribution in [3.8, 4) is 17.2 Å². The Bertz CT molecular complexity index is 1460. The monoisotopic (exact) mass is 621 g/mol. The molecule has 0 saturated carbocycles. The number of benzene rings is 2. The van der Waals surface area contributed by atoms with Crippen LogP contribution in [0.3, 0.4) is 0 Å². The van der Waals surface area contributed by atoms with E-state index < -0.39 is 80.4 Å². The van der Waals surface area contributed by atoms with Crippen molar-refractivity contribution in [2.24, 2.45) is 0 Å². The minimum Gasteiger partial charge on any atom is -0.506 e. The number of sulfonamides is 1. The highest BCUT2D eigenvalue weighted by Gasteiger charge is 2.35. The summed E-state index contributed by atoms with van der Waals surface area (Å²) in [5.74, 6) is -2.61. The lowest BCUT2D eigenvalue weighted by molar-refractivity contribution is -0.154. The van der Waals surface area contributed by atoms with Gasteiger partial charge in [-0.05, 0) is 42.7 Å². The summed E-state index contributed by atoms with van der Waals surface area (Å²) in [6.45, 7) is -4.46. The molecule has 0 bridgehead atoms. The molecule has 40 heavy (non-hydrogen) atoms. The maximum Gasteiger partial charge on any atom is 0.422 e. The number of phenols is 1. The Kier molecular flexibility index (Phi) is 8.99. The summed E-state index contributed by atoms with van der Waals surface area (Å²) < 4.78 is 138. The molecule has 0 aliphatic carbocycles. The lowest BCUT2D eigenvalue weighted by atomic mass is 10.1. The van der Waals surface area contributed by atoms with Gasteiger partial charge in [0, 0.05) is 12.6 Å². The lowest BCUT2D eigenvalue weighted by Crippen LogP contribution is -2.29.